The highest BCUT2D eigenvalue weighted by atomic mass is 35.5. The van der Waals surface area contributed by atoms with Gasteiger partial charge in [-0.2, -0.15) is 0 Å². The van der Waals surface area contributed by atoms with Crippen molar-refractivity contribution in [1.29, 1.82) is 0 Å². The smallest absolute Gasteiger partial charge is 0.142 e. The van der Waals surface area contributed by atoms with Crippen molar-refractivity contribution in [3.63, 3.8) is 0 Å². The molecule has 1 atom stereocenters. The monoisotopic (exact) mass is 202 g/mol. The van der Waals surface area contributed by atoms with Crippen LogP contribution in [0.15, 0.2) is 12.1 Å². The zero-order chi connectivity index (χ0) is 10.0. The number of hydrogen-bond donors (Lipinski definition) is 1. The van der Waals surface area contributed by atoms with E-state index in [1.54, 1.807) is 13.0 Å². The van der Waals surface area contributed by atoms with Crippen LogP contribution in [0.1, 0.15) is 18.1 Å². The van der Waals surface area contributed by atoms with Crippen molar-refractivity contribution < 1.29 is 9.50 Å². The fourth-order valence-electron chi connectivity index (χ4n) is 1.24. The molecule has 1 unspecified atom stereocenters. The molecule has 1 N–H and O–H groups in total. The van der Waals surface area contributed by atoms with E-state index in [0.717, 1.165) is 5.56 Å². The maximum absolute atomic E-state index is 13.0. The van der Waals surface area contributed by atoms with Crippen LogP contribution >= 0.6 is 11.6 Å². The normalized spacial score (nSPS) is 13.0. The lowest BCUT2D eigenvalue weighted by Crippen LogP contribution is -2.07. The zero-order valence-corrected chi connectivity index (χ0v) is 8.40. The molecule has 13 heavy (non-hydrogen) atoms. The van der Waals surface area contributed by atoms with E-state index in [4.69, 9.17) is 16.7 Å². The molecule has 1 aromatic rings. The quantitative estimate of drug-likeness (QED) is 0.782. The summed E-state index contributed by atoms with van der Waals surface area (Å²) in [5.41, 5.74) is 1.60. The van der Waals surface area contributed by atoms with E-state index in [1.165, 1.54) is 6.07 Å². The molecule has 0 saturated heterocycles. The van der Waals surface area contributed by atoms with Crippen LogP contribution in [0.25, 0.3) is 0 Å². The lowest BCUT2D eigenvalue weighted by Gasteiger charge is -2.10. The molecule has 0 radical (unpaired) electrons. The second-order valence-corrected chi connectivity index (χ2v) is 3.59. The molecular formula is C10H12ClFO. The third-order valence-corrected chi connectivity index (χ3v) is 2.34. The number of rotatable bonds is 2. The highest BCUT2D eigenvalue weighted by molar-refractivity contribution is 6.31. The van der Waals surface area contributed by atoms with E-state index in [0.29, 0.717) is 12.0 Å². The van der Waals surface area contributed by atoms with Gasteiger partial charge in [0, 0.05) is 0 Å². The summed E-state index contributed by atoms with van der Waals surface area (Å²) in [5, 5.41) is 9.29. The largest absolute Gasteiger partial charge is 0.393 e. The summed E-state index contributed by atoms with van der Waals surface area (Å²) in [4.78, 5) is 0. The van der Waals surface area contributed by atoms with Crippen LogP contribution in [0.5, 0.6) is 0 Å². The van der Waals surface area contributed by atoms with E-state index in [-0.39, 0.29) is 5.02 Å². The topological polar surface area (TPSA) is 20.2 Å². The van der Waals surface area contributed by atoms with E-state index in [9.17, 15) is 4.39 Å². The maximum atomic E-state index is 13.0. The van der Waals surface area contributed by atoms with Gasteiger partial charge < -0.3 is 5.11 Å². The average molecular weight is 203 g/mol. The van der Waals surface area contributed by atoms with Gasteiger partial charge in [-0.05, 0) is 37.5 Å². The molecule has 3 heteroatoms. The Labute approximate surface area is 82.2 Å². The summed E-state index contributed by atoms with van der Waals surface area (Å²) in [6, 6.07) is 3.00. The van der Waals surface area contributed by atoms with Gasteiger partial charge in [-0.25, -0.2) is 4.39 Å². The van der Waals surface area contributed by atoms with Gasteiger partial charge in [0.05, 0.1) is 11.1 Å². The summed E-state index contributed by atoms with van der Waals surface area (Å²) < 4.78 is 13.0. The third kappa shape index (κ3) is 2.42. The Balaban J connectivity index is 3.10. The van der Waals surface area contributed by atoms with Crippen molar-refractivity contribution in [2.24, 2.45) is 0 Å². The van der Waals surface area contributed by atoms with Crippen LogP contribution in [0.2, 0.25) is 5.02 Å². The standard InChI is InChI=1S/C10H12ClFO/c1-6-3-4-9(12)10(11)8(6)5-7(2)13/h3-4,7,13H,5H2,1-2H3. The SMILES string of the molecule is Cc1ccc(F)c(Cl)c1CC(C)O. The highest BCUT2D eigenvalue weighted by Gasteiger charge is 2.10. The fourth-order valence-corrected chi connectivity index (χ4v) is 1.52. The van der Waals surface area contributed by atoms with Crippen molar-refractivity contribution >= 4 is 11.6 Å². The minimum absolute atomic E-state index is 0.126. The molecule has 0 aromatic heterocycles. The second-order valence-electron chi connectivity index (χ2n) is 3.21. The molecule has 0 aliphatic rings. The van der Waals surface area contributed by atoms with Crippen LogP contribution in [0.4, 0.5) is 4.39 Å². The van der Waals surface area contributed by atoms with Crippen molar-refractivity contribution in [2.45, 2.75) is 26.4 Å². The second kappa shape index (κ2) is 4.07. The van der Waals surface area contributed by atoms with Crippen molar-refractivity contribution in [3.8, 4) is 0 Å². The molecule has 0 aliphatic carbocycles. The molecule has 1 aromatic carbocycles. The molecule has 72 valence electrons. The molecule has 0 amide bonds. The summed E-state index contributed by atoms with van der Waals surface area (Å²) in [6.07, 6.45) is -0.111. The zero-order valence-electron chi connectivity index (χ0n) is 7.64. The average Bonchev–Trinajstić information content (AvgIpc) is 2.05. The number of benzene rings is 1. The lowest BCUT2D eigenvalue weighted by atomic mass is 10.0. The van der Waals surface area contributed by atoms with Crippen LogP contribution in [0.3, 0.4) is 0 Å². The molecule has 0 fully saturated rings. The van der Waals surface area contributed by atoms with Gasteiger partial charge >= 0.3 is 0 Å². The first-order valence-corrected chi connectivity index (χ1v) is 4.51. The maximum Gasteiger partial charge on any atom is 0.142 e. The molecule has 0 saturated carbocycles. The van der Waals surface area contributed by atoms with E-state index in [1.807, 2.05) is 6.92 Å². The first-order chi connectivity index (χ1) is 6.02. The van der Waals surface area contributed by atoms with Gasteiger partial charge in [0.1, 0.15) is 5.82 Å². The molecule has 0 spiro atoms. The summed E-state index contributed by atoms with van der Waals surface area (Å²) in [5.74, 6) is -0.428. The minimum atomic E-state index is -0.502. The predicted octanol–water partition coefficient (Wildman–Crippen LogP) is 2.71. The van der Waals surface area contributed by atoms with Crippen molar-refractivity contribution in [3.05, 3.63) is 34.1 Å². The van der Waals surface area contributed by atoms with Crippen LogP contribution in [-0.4, -0.2) is 11.2 Å². The van der Waals surface area contributed by atoms with Crippen LogP contribution in [-0.2, 0) is 6.42 Å². The van der Waals surface area contributed by atoms with E-state index < -0.39 is 11.9 Å². The number of aliphatic hydroxyl groups excluding tert-OH is 1. The summed E-state index contributed by atoms with van der Waals surface area (Å²) in [7, 11) is 0. The van der Waals surface area contributed by atoms with Gasteiger partial charge in [0.25, 0.3) is 0 Å². The number of halogens is 2. The predicted molar refractivity (Wildman–Crippen MR) is 51.5 cm³/mol. The Kier molecular flexibility index (Phi) is 3.28. The third-order valence-electron chi connectivity index (χ3n) is 1.93. The minimum Gasteiger partial charge on any atom is -0.393 e. The summed E-state index contributed by atoms with van der Waals surface area (Å²) >= 11 is 5.76. The van der Waals surface area contributed by atoms with Gasteiger partial charge in [-0.1, -0.05) is 17.7 Å². The van der Waals surface area contributed by atoms with Crippen molar-refractivity contribution in [2.75, 3.05) is 0 Å². The number of hydrogen-bond acceptors (Lipinski definition) is 1. The van der Waals surface area contributed by atoms with Crippen LogP contribution in [0, 0.1) is 12.7 Å². The fraction of sp³-hybridized carbons (Fsp3) is 0.400. The Morgan fingerprint density at radius 3 is 2.69 bits per heavy atom. The lowest BCUT2D eigenvalue weighted by molar-refractivity contribution is 0.195. The van der Waals surface area contributed by atoms with Gasteiger partial charge in [0.15, 0.2) is 0 Å². The molecule has 1 rings (SSSR count). The van der Waals surface area contributed by atoms with E-state index >= 15 is 0 Å². The van der Waals surface area contributed by atoms with Gasteiger partial charge in [-0.3, -0.25) is 0 Å². The van der Waals surface area contributed by atoms with Gasteiger partial charge in [-0.15, -0.1) is 0 Å². The van der Waals surface area contributed by atoms with Crippen molar-refractivity contribution in [1.82, 2.24) is 0 Å². The Morgan fingerprint density at radius 1 is 1.54 bits per heavy atom. The molecule has 0 bridgehead atoms. The van der Waals surface area contributed by atoms with Gasteiger partial charge in [0.2, 0.25) is 0 Å². The number of aliphatic hydroxyl groups is 1. The Hall–Kier alpha value is -0.600. The molecule has 1 nitrogen and oxygen atoms in total. The molecule has 0 heterocycles. The Morgan fingerprint density at radius 2 is 2.15 bits per heavy atom. The first-order valence-electron chi connectivity index (χ1n) is 4.14. The van der Waals surface area contributed by atoms with E-state index in [2.05, 4.69) is 0 Å². The highest BCUT2D eigenvalue weighted by Crippen LogP contribution is 2.24. The first kappa shape index (κ1) is 10.5. The molecule has 0 aliphatic heterocycles. The number of aryl methyl sites for hydroxylation is 1. The summed E-state index contributed by atoms with van der Waals surface area (Å²) in [6.45, 7) is 3.50. The molecular weight excluding hydrogens is 191 g/mol. The van der Waals surface area contributed by atoms with Crippen LogP contribution < -0.4 is 0 Å². The Bertz CT molecular complexity index is 310.